The molecule has 1 aliphatic carbocycles. The van der Waals surface area contributed by atoms with Crippen LogP contribution < -0.4 is 10.6 Å². The number of benzene rings is 2. The number of aromatic nitrogens is 2. The summed E-state index contributed by atoms with van der Waals surface area (Å²) < 4.78 is 14.8. The standard InChI is InChI=1S/C23H17Cl2FN4O2/c24-15-3-1-4-16(25)19(15)21-20-17(5-2-6-18(20)31)29-22-14(11-27-30(21)22)23(32)28-13-9-7-12(26)8-10-13/h1,3-4,7-11,21,29H,2,5-6H2,(H,28,32)/t21-/m1/s1. The van der Waals surface area contributed by atoms with Gasteiger partial charge in [-0.2, -0.15) is 5.10 Å². The van der Waals surface area contributed by atoms with Gasteiger partial charge < -0.3 is 10.6 Å². The second-order valence-electron chi connectivity index (χ2n) is 7.64. The molecule has 1 amide bonds. The molecule has 0 unspecified atom stereocenters. The molecule has 0 bridgehead atoms. The summed E-state index contributed by atoms with van der Waals surface area (Å²) in [6, 6.07) is 9.99. The molecular formula is C23H17Cl2FN4O2. The number of nitrogens with zero attached hydrogens (tertiary/aromatic N) is 2. The first-order valence-corrected chi connectivity index (χ1v) is 10.8. The van der Waals surface area contributed by atoms with Crippen molar-refractivity contribution in [3.63, 3.8) is 0 Å². The number of rotatable bonds is 3. The average molecular weight is 471 g/mol. The second-order valence-corrected chi connectivity index (χ2v) is 8.46. The fraction of sp³-hybridized carbons (Fsp3) is 0.174. The molecule has 2 heterocycles. The Labute approximate surface area is 193 Å². The van der Waals surface area contributed by atoms with E-state index in [9.17, 15) is 14.0 Å². The van der Waals surface area contributed by atoms with Gasteiger partial charge in [0.2, 0.25) is 0 Å². The summed E-state index contributed by atoms with van der Waals surface area (Å²) >= 11 is 13.0. The lowest BCUT2D eigenvalue weighted by Crippen LogP contribution is -2.32. The van der Waals surface area contributed by atoms with Gasteiger partial charge in [0.05, 0.1) is 6.20 Å². The molecule has 2 aromatic carbocycles. The highest BCUT2D eigenvalue weighted by Gasteiger charge is 2.39. The van der Waals surface area contributed by atoms with Crippen LogP contribution in [0.3, 0.4) is 0 Å². The van der Waals surface area contributed by atoms with Crippen LogP contribution in [0.2, 0.25) is 10.0 Å². The number of fused-ring (bicyclic) bond motifs is 1. The quantitative estimate of drug-likeness (QED) is 0.521. The summed E-state index contributed by atoms with van der Waals surface area (Å²) in [4.78, 5) is 25.9. The van der Waals surface area contributed by atoms with Crippen molar-refractivity contribution in [2.75, 3.05) is 10.6 Å². The van der Waals surface area contributed by atoms with Gasteiger partial charge in [-0.15, -0.1) is 0 Å². The number of carbonyl (C=O) groups excluding carboxylic acids is 2. The van der Waals surface area contributed by atoms with Crippen LogP contribution >= 0.6 is 23.2 Å². The normalized spacial score (nSPS) is 17.5. The van der Waals surface area contributed by atoms with Crippen LogP contribution in [-0.2, 0) is 4.79 Å². The number of hydrogen-bond donors (Lipinski definition) is 2. The molecule has 162 valence electrons. The van der Waals surface area contributed by atoms with Crippen molar-refractivity contribution in [1.29, 1.82) is 0 Å². The van der Waals surface area contributed by atoms with E-state index in [4.69, 9.17) is 23.2 Å². The molecule has 0 radical (unpaired) electrons. The maximum atomic E-state index is 13.2. The molecule has 1 atom stereocenters. The SMILES string of the molecule is O=C1CCCC2=C1[C@@H](c1c(Cl)cccc1Cl)n1ncc(C(=O)Nc3ccc(F)cc3)c1N2. The zero-order chi connectivity index (χ0) is 22.4. The van der Waals surface area contributed by atoms with Crippen LogP contribution in [0.5, 0.6) is 0 Å². The van der Waals surface area contributed by atoms with Crippen molar-refractivity contribution < 1.29 is 14.0 Å². The topological polar surface area (TPSA) is 76.0 Å². The molecule has 0 spiro atoms. The Morgan fingerprint density at radius 1 is 1.12 bits per heavy atom. The number of Topliss-reactive ketones (excluding diaryl/α,β-unsaturated/α-hetero) is 1. The Kier molecular flexibility index (Phi) is 5.23. The van der Waals surface area contributed by atoms with E-state index in [1.165, 1.54) is 30.5 Å². The maximum absolute atomic E-state index is 13.2. The van der Waals surface area contributed by atoms with Crippen LogP contribution in [0.1, 0.15) is 41.2 Å². The molecule has 2 aliphatic rings. The van der Waals surface area contributed by atoms with E-state index in [2.05, 4.69) is 15.7 Å². The first kappa shape index (κ1) is 20.7. The Morgan fingerprint density at radius 3 is 2.56 bits per heavy atom. The van der Waals surface area contributed by atoms with Gasteiger partial charge in [-0.3, -0.25) is 9.59 Å². The minimum absolute atomic E-state index is 0.00167. The number of halogens is 3. The van der Waals surface area contributed by atoms with Gasteiger partial charge in [-0.1, -0.05) is 29.3 Å². The molecule has 0 saturated heterocycles. The third-order valence-electron chi connectivity index (χ3n) is 5.66. The number of nitrogens with one attached hydrogen (secondary N) is 2. The third kappa shape index (κ3) is 3.47. The molecule has 1 aliphatic heterocycles. The Hall–Kier alpha value is -3.16. The lowest BCUT2D eigenvalue weighted by Gasteiger charge is -2.34. The summed E-state index contributed by atoms with van der Waals surface area (Å²) in [7, 11) is 0. The van der Waals surface area contributed by atoms with E-state index in [1.54, 1.807) is 22.9 Å². The van der Waals surface area contributed by atoms with Gasteiger partial charge in [0.15, 0.2) is 5.78 Å². The molecule has 32 heavy (non-hydrogen) atoms. The highest BCUT2D eigenvalue weighted by atomic mass is 35.5. The van der Waals surface area contributed by atoms with Gasteiger partial charge in [-0.25, -0.2) is 9.07 Å². The molecule has 9 heteroatoms. The summed E-state index contributed by atoms with van der Waals surface area (Å²) in [5.41, 5.74) is 2.60. The van der Waals surface area contributed by atoms with E-state index in [0.29, 0.717) is 51.9 Å². The number of hydrogen-bond acceptors (Lipinski definition) is 4. The first-order chi connectivity index (χ1) is 15.4. The van der Waals surface area contributed by atoms with Crippen molar-refractivity contribution in [2.45, 2.75) is 25.3 Å². The minimum atomic E-state index is -0.650. The van der Waals surface area contributed by atoms with Gasteiger partial charge >= 0.3 is 0 Å². The highest BCUT2D eigenvalue weighted by Crippen LogP contribution is 2.45. The van der Waals surface area contributed by atoms with E-state index in [-0.39, 0.29) is 11.3 Å². The fourth-order valence-corrected chi connectivity index (χ4v) is 4.80. The number of amides is 1. The minimum Gasteiger partial charge on any atom is -0.343 e. The lowest BCUT2D eigenvalue weighted by molar-refractivity contribution is -0.116. The van der Waals surface area contributed by atoms with Crippen molar-refractivity contribution in [3.8, 4) is 0 Å². The predicted octanol–water partition coefficient (Wildman–Crippen LogP) is 5.60. The largest absolute Gasteiger partial charge is 0.343 e. The van der Waals surface area contributed by atoms with Crippen LogP contribution in [-0.4, -0.2) is 21.5 Å². The number of anilines is 2. The maximum Gasteiger partial charge on any atom is 0.261 e. The molecule has 2 N–H and O–H groups in total. The van der Waals surface area contributed by atoms with Crippen LogP contribution in [0, 0.1) is 5.82 Å². The Balaban J connectivity index is 1.61. The van der Waals surface area contributed by atoms with Crippen LogP contribution in [0.4, 0.5) is 15.9 Å². The summed E-state index contributed by atoms with van der Waals surface area (Å²) in [5, 5.41) is 11.2. The Bertz CT molecular complexity index is 1260. The monoisotopic (exact) mass is 470 g/mol. The van der Waals surface area contributed by atoms with E-state index >= 15 is 0 Å². The van der Waals surface area contributed by atoms with Gasteiger partial charge in [0.25, 0.3) is 5.91 Å². The summed E-state index contributed by atoms with van der Waals surface area (Å²) in [5.74, 6) is -0.369. The molecule has 6 nitrogen and oxygen atoms in total. The van der Waals surface area contributed by atoms with Crippen LogP contribution in [0.25, 0.3) is 0 Å². The molecular weight excluding hydrogens is 454 g/mol. The third-order valence-corrected chi connectivity index (χ3v) is 6.32. The Morgan fingerprint density at radius 2 is 1.84 bits per heavy atom. The zero-order valence-corrected chi connectivity index (χ0v) is 18.2. The van der Waals surface area contributed by atoms with Crippen molar-refractivity contribution >= 4 is 46.4 Å². The van der Waals surface area contributed by atoms with E-state index < -0.39 is 17.8 Å². The molecule has 5 rings (SSSR count). The average Bonchev–Trinajstić information content (AvgIpc) is 3.19. The fourth-order valence-electron chi connectivity index (χ4n) is 4.19. The van der Waals surface area contributed by atoms with Gasteiger partial charge in [0, 0.05) is 39.0 Å². The number of ketones is 1. The highest BCUT2D eigenvalue weighted by molar-refractivity contribution is 6.36. The van der Waals surface area contributed by atoms with E-state index in [1.807, 2.05) is 0 Å². The molecule has 0 saturated carbocycles. The predicted molar refractivity (Wildman–Crippen MR) is 121 cm³/mol. The molecule has 3 aromatic rings. The van der Waals surface area contributed by atoms with Crippen molar-refractivity contribution in [2.24, 2.45) is 0 Å². The first-order valence-electron chi connectivity index (χ1n) is 10.1. The summed E-state index contributed by atoms with van der Waals surface area (Å²) in [6.45, 7) is 0. The molecule has 0 fully saturated rings. The molecule has 1 aromatic heterocycles. The van der Waals surface area contributed by atoms with Crippen molar-refractivity contribution in [3.05, 3.63) is 86.9 Å². The van der Waals surface area contributed by atoms with Gasteiger partial charge in [0.1, 0.15) is 23.2 Å². The van der Waals surface area contributed by atoms with Crippen LogP contribution in [0.15, 0.2) is 59.9 Å². The number of allylic oxidation sites excluding steroid dienone is 2. The smallest absolute Gasteiger partial charge is 0.261 e. The number of carbonyl (C=O) groups is 2. The van der Waals surface area contributed by atoms with E-state index in [0.717, 1.165) is 5.70 Å². The van der Waals surface area contributed by atoms with Gasteiger partial charge in [-0.05, 0) is 49.2 Å². The summed E-state index contributed by atoms with van der Waals surface area (Å²) in [6.07, 6.45) is 3.22. The van der Waals surface area contributed by atoms with Crippen molar-refractivity contribution in [1.82, 2.24) is 9.78 Å². The zero-order valence-electron chi connectivity index (χ0n) is 16.7. The lowest BCUT2D eigenvalue weighted by atomic mass is 9.85. The second kappa shape index (κ2) is 8.07.